The van der Waals surface area contributed by atoms with E-state index in [2.05, 4.69) is 41.5 Å². The average Bonchev–Trinajstić information content (AvgIpc) is 3.21. The molecule has 1 aromatic rings. The van der Waals surface area contributed by atoms with Crippen LogP contribution in [0, 0.1) is 11.3 Å². The van der Waals surface area contributed by atoms with Gasteiger partial charge in [-0.15, -0.1) is 5.10 Å². The fourth-order valence-corrected chi connectivity index (χ4v) is 4.09. The Balaban J connectivity index is 1.61. The second-order valence-electron chi connectivity index (χ2n) is 8.57. The van der Waals surface area contributed by atoms with Gasteiger partial charge in [-0.1, -0.05) is 27.2 Å². The Labute approximate surface area is 171 Å². The van der Waals surface area contributed by atoms with Crippen LogP contribution in [0.1, 0.15) is 58.7 Å². The van der Waals surface area contributed by atoms with Crippen LogP contribution in [0.3, 0.4) is 0 Å². The molecule has 2 aliphatic rings. The highest BCUT2D eigenvalue weighted by molar-refractivity contribution is 6.10. The summed E-state index contributed by atoms with van der Waals surface area (Å²) in [6.07, 6.45) is -1.19. The van der Waals surface area contributed by atoms with E-state index in [0.29, 0.717) is 18.8 Å². The fourth-order valence-electron chi connectivity index (χ4n) is 4.09. The number of halogens is 3. The Bertz CT molecular complexity index is 842. The van der Waals surface area contributed by atoms with Crippen molar-refractivity contribution in [1.82, 2.24) is 25.4 Å². The largest absolute Gasteiger partial charge is 0.451 e. The average molecular weight is 430 g/mol. The third kappa shape index (κ3) is 4.12. The minimum atomic E-state index is -4.74. The molecule has 3 rings (SSSR count). The third-order valence-corrected chi connectivity index (χ3v) is 6.41. The zero-order valence-electron chi connectivity index (χ0n) is 17.0. The van der Waals surface area contributed by atoms with E-state index >= 15 is 0 Å². The van der Waals surface area contributed by atoms with Crippen LogP contribution in [-0.4, -0.2) is 50.0 Å². The van der Waals surface area contributed by atoms with E-state index < -0.39 is 47.9 Å². The summed E-state index contributed by atoms with van der Waals surface area (Å²) in [5, 5.41) is 9.72. The SMILES string of the molecule is CCC(C)(C)C1CCC2(CC1)NC(=O)N(CC(=O)Nc1n[nH]c(C(F)(F)F)n1)C2=O. The van der Waals surface area contributed by atoms with E-state index in [4.69, 9.17) is 0 Å². The molecular weight excluding hydrogens is 405 g/mol. The van der Waals surface area contributed by atoms with Gasteiger partial charge in [0.15, 0.2) is 0 Å². The molecule has 1 spiro atoms. The van der Waals surface area contributed by atoms with Crippen molar-refractivity contribution in [2.75, 3.05) is 11.9 Å². The highest BCUT2D eigenvalue weighted by Crippen LogP contribution is 2.45. The number of nitrogens with one attached hydrogen (secondary N) is 3. The third-order valence-electron chi connectivity index (χ3n) is 6.41. The summed E-state index contributed by atoms with van der Waals surface area (Å²) in [5.41, 5.74) is -0.885. The van der Waals surface area contributed by atoms with E-state index in [1.807, 2.05) is 0 Å². The molecule has 30 heavy (non-hydrogen) atoms. The monoisotopic (exact) mass is 430 g/mol. The maximum atomic E-state index is 12.9. The summed E-state index contributed by atoms with van der Waals surface area (Å²) in [5.74, 6) is -2.87. The van der Waals surface area contributed by atoms with Gasteiger partial charge in [0.25, 0.3) is 5.91 Å². The predicted molar refractivity (Wildman–Crippen MR) is 99.0 cm³/mol. The first-order valence-electron chi connectivity index (χ1n) is 9.81. The molecule has 0 aromatic carbocycles. The molecule has 3 N–H and O–H groups in total. The Morgan fingerprint density at radius 1 is 1.27 bits per heavy atom. The van der Waals surface area contributed by atoms with Crippen molar-refractivity contribution in [3.63, 3.8) is 0 Å². The van der Waals surface area contributed by atoms with Gasteiger partial charge in [-0.05, 0) is 37.0 Å². The molecule has 0 bridgehead atoms. The summed E-state index contributed by atoms with van der Waals surface area (Å²) in [6, 6.07) is -0.686. The highest BCUT2D eigenvalue weighted by atomic mass is 19.4. The number of imide groups is 1. The topological polar surface area (TPSA) is 120 Å². The first-order chi connectivity index (χ1) is 13.9. The molecule has 9 nitrogen and oxygen atoms in total. The van der Waals surface area contributed by atoms with E-state index in [1.54, 1.807) is 5.10 Å². The standard InChI is InChI=1S/C18H25F3N6O3/c1-4-16(2,3)10-5-7-17(8-6-10)13(29)27(15(30)24-17)9-11(28)22-14-23-12(25-26-14)18(19,20)21/h10H,4-9H2,1-3H3,(H,24,30)(H2,22,23,25,26,28). The van der Waals surface area contributed by atoms with Gasteiger partial charge in [0.2, 0.25) is 17.7 Å². The molecular formula is C18H25F3N6O3. The molecule has 2 fully saturated rings. The molecule has 0 atom stereocenters. The lowest BCUT2D eigenvalue weighted by molar-refractivity contribution is -0.144. The molecule has 4 amide bonds. The highest BCUT2D eigenvalue weighted by Gasteiger charge is 2.53. The molecule has 2 heterocycles. The summed E-state index contributed by atoms with van der Waals surface area (Å²) < 4.78 is 37.6. The van der Waals surface area contributed by atoms with Crippen LogP contribution in [0.5, 0.6) is 0 Å². The van der Waals surface area contributed by atoms with Gasteiger partial charge in [0.05, 0.1) is 0 Å². The minimum absolute atomic E-state index is 0.138. The van der Waals surface area contributed by atoms with Gasteiger partial charge < -0.3 is 5.32 Å². The molecule has 0 radical (unpaired) electrons. The molecule has 166 valence electrons. The number of carbonyl (C=O) groups is 3. The number of rotatable bonds is 5. The lowest BCUT2D eigenvalue weighted by Crippen LogP contribution is -2.51. The maximum Gasteiger partial charge on any atom is 0.451 e. The van der Waals surface area contributed by atoms with Crippen LogP contribution in [-0.2, 0) is 15.8 Å². The van der Waals surface area contributed by atoms with E-state index in [0.717, 1.165) is 24.2 Å². The number of carbonyl (C=O) groups excluding carboxylic acids is 3. The predicted octanol–water partition coefficient (Wildman–Crippen LogP) is 2.68. The van der Waals surface area contributed by atoms with Crippen LogP contribution in [0.15, 0.2) is 0 Å². The first kappa shape index (κ1) is 22.0. The molecule has 1 saturated carbocycles. The Hall–Kier alpha value is -2.66. The Morgan fingerprint density at radius 2 is 1.90 bits per heavy atom. The van der Waals surface area contributed by atoms with Crippen LogP contribution in [0.25, 0.3) is 0 Å². The normalized spacial score (nSPS) is 25.0. The van der Waals surface area contributed by atoms with E-state index in [-0.39, 0.29) is 5.41 Å². The number of alkyl halides is 3. The van der Waals surface area contributed by atoms with Crippen molar-refractivity contribution in [2.24, 2.45) is 11.3 Å². The van der Waals surface area contributed by atoms with Gasteiger partial charge in [0.1, 0.15) is 12.1 Å². The second kappa shape index (κ2) is 7.55. The fraction of sp³-hybridized carbons (Fsp3) is 0.722. The summed E-state index contributed by atoms with van der Waals surface area (Å²) >= 11 is 0. The van der Waals surface area contributed by atoms with Gasteiger partial charge in [-0.2, -0.15) is 18.2 Å². The number of aromatic amines is 1. The van der Waals surface area contributed by atoms with Crippen LogP contribution >= 0.6 is 0 Å². The quantitative estimate of drug-likeness (QED) is 0.621. The van der Waals surface area contributed by atoms with Gasteiger partial charge >= 0.3 is 12.2 Å². The minimum Gasteiger partial charge on any atom is -0.323 e. The lowest BCUT2D eigenvalue weighted by atomic mass is 9.65. The van der Waals surface area contributed by atoms with E-state index in [9.17, 15) is 27.6 Å². The molecule has 1 saturated heterocycles. The van der Waals surface area contributed by atoms with Crippen molar-refractivity contribution in [1.29, 1.82) is 0 Å². The Kier molecular flexibility index (Phi) is 5.54. The number of hydrogen-bond donors (Lipinski definition) is 3. The number of hydrogen-bond acceptors (Lipinski definition) is 5. The van der Waals surface area contributed by atoms with Gasteiger partial charge in [0, 0.05) is 0 Å². The van der Waals surface area contributed by atoms with Crippen molar-refractivity contribution in [2.45, 2.75) is 64.6 Å². The number of anilines is 1. The first-order valence-corrected chi connectivity index (χ1v) is 9.81. The van der Waals surface area contributed by atoms with Crippen LogP contribution in [0.2, 0.25) is 0 Å². The zero-order valence-corrected chi connectivity index (χ0v) is 17.0. The zero-order chi connectivity index (χ0) is 22.3. The number of nitrogens with zero attached hydrogens (tertiary/aromatic N) is 3. The van der Waals surface area contributed by atoms with Crippen molar-refractivity contribution in [3.8, 4) is 0 Å². The summed E-state index contributed by atoms with van der Waals surface area (Å²) in [6.45, 7) is 5.87. The Morgan fingerprint density at radius 3 is 2.43 bits per heavy atom. The summed E-state index contributed by atoms with van der Waals surface area (Å²) in [7, 11) is 0. The van der Waals surface area contributed by atoms with Crippen molar-refractivity contribution in [3.05, 3.63) is 5.82 Å². The summed E-state index contributed by atoms with van der Waals surface area (Å²) in [4.78, 5) is 41.3. The molecule has 12 heteroatoms. The van der Waals surface area contributed by atoms with Crippen molar-refractivity contribution < 1.29 is 27.6 Å². The van der Waals surface area contributed by atoms with Crippen molar-refractivity contribution >= 4 is 23.8 Å². The van der Waals surface area contributed by atoms with Gasteiger partial charge in [-0.3, -0.25) is 24.9 Å². The molecule has 1 aliphatic carbocycles. The van der Waals surface area contributed by atoms with Gasteiger partial charge in [-0.25, -0.2) is 4.79 Å². The molecule has 1 aromatic heterocycles. The van der Waals surface area contributed by atoms with Crippen LogP contribution in [0.4, 0.5) is 23.9 Å². The van der Waals surface area contributed by atoms with Crippen LogP contribution < -0.4 is 10.6 Å². The number of urea groups is 1. The molecule has 1 aliphatic heterocycles. The number of H-pyrrole nitrogens is 1. The molecule has 0 unspecified atom stereocenters. The number of amides is 4. The van der Waals surface area contributed by atoms with E-state index in [1.165, 1.54) is 0 Å². The smallest absolute Gasteiger partial charge is 0.323 e. The number of aromatic nitrogens is 3. The second-order valence-corrected chi connectivity index (χ2v) is 8.57. The lowest BCUT2D eigenvalue weighted by Gasteiger charge is -2.42. The maximum absolute atomic E-state index is 12.9.